The Morgan fingerprint density at radius 3 is 2.48 bits per heavy atom. The van der Waals surface area contributed by atoms with E-state index in [0.717, 1.165) is 13.1 Å². The van der Waals surface area contributed by atoms with Crippen molar-refractivity contribution in [1.82, 2.24) is 10.2 Å². The number of carbonyl (C=O) groups excluding carboxylic acids is 1. The third-order valence-corrected chi connectivity index (χ3v) is 6.92. The topological polar surface area (TPSA) is 41.6 Å². The first kappa shape index (κ1) is 16.5. The molecule has 0 spiro atoms. The number of benzene rings is 1. The Morgan fingerprint density at radius 2 is 1.90 bits per heavy atom. The molecule has 5 heteroatoms. The number of rotatable bonds is 6. The number of hydrogen-bond acceptors (Lipinski definition) is 4. The normalized spacial score (nSPS) is 25.2. The number of nitrogens with zero attached hydrogens (tertiary/aromatic N) is 1. The summed E-state index contributed by atoms with van der Waals surface area (Å²) < 4.78 is 5.26. The summed E-state index contributed by atoms with van der Waals surface area (Å²) in [5.41, 5.74) is 1.23. The van der Waals surface area contributed by atoms with E-state index in [1.165, 1.54) is 5.56 Å². The predicted molar refractivity (Wildman–Crippen MR) is 85.2 cm³/mol. The van der Waals surface area contributed by atoms with Crippen molar-refractivity contribution < 1.29 is 9.53 Å². The summed E-state index contributed by atoms with van der Waals surface area (Å²) >= 11 is 0.296. The van der Waals surface area contributed by atoms with Crippen LogP contribution in [-0.2, 0) is 9.53 Å². The van der Waals surface area contributed by atoms with Gasteiger partial charge in [-0.1, -0.05) is 0 Å². The zero-order valence-electron chi connectivity index (χ0n) is 12.9. The fourth-order valence-corrected chi connectivity index (χ4v) is 6.01. The van der Waals surface area contributed by atoms with Gasteiger partial charge in [0.2, 0.25) is 0 Å². The summed E-state index contributed by atoms with van der Waals surface area (Å²) in [6, 6.07) is 10.1. The van der Waals surface area contributed by atoms with E-state index in [0.29, 0.717) is 26.6 Å². The van der Waals surface area contributed by atoms with Gasteiger partial charge in [0.25, 0.3) is 0 Å². The van der Waals surface area contributed by atoms with Gasteiger partial charge >= 0.3 is 133 Å². The fraction of sp³-hybridized carbons (Fsp3) is 0.562. The molecule has 4 nitrogen and oxygen atoms in total. The number of carbonyl (C=O) groups is 1. The molecule has 0 amide bonds. The van der Waals surface area contributed by atoms with Crippen molar-refractivity contribution >= 4 is 20.9 Å². The predicted octanol–water partition coefficient (Wildman–Crippen LogP) is 1.59. The first-order valence-electron chi connectivity index (χ1n) is 7.58. The van der Waals surface area contributed by atoms with Crippen molar-refractivity contribution in [2.75, 3.05) is 19.7 Å². The third-order valence-electron chi connectivity index (χ3n) is 3.71. The van der Waals surface area contributed by atoms with Crippen LogP contribution >= 0.6 is 0 Å². The molecule has 1 saturated heterocycles. The number of ether oxygens (including phenoxy) is 1. The van der Waals surface area contributed by atoms with Gasteiger partial charge in [0, 0.05) is 0 Å². The van der Waals surface area contributed by atoms with Crippen LogP contribution in [0, 0.1) is 0 Å². The van der Waals surface area contributed by atoms with Gasteiger partial charge in [0.05, 0.1) is 0 Å². The molecular formula is C16H24N2O2Se. The molecule has 2 rings (SSSR count). The van der Waals surface area contributed by atoms with Gasteiger partial charge in [-0.3, -0.25) is 0 Å². The second-order valence-electron chi connectivity index (χ2n) is 4.94. The van der Waals surface area contributed by atoms with Crippen LogP contribution in [0.25, 0.3) is 0 Å². The van der Waals surface area contributed by atoms with Crippen molar-refractivity contribution in [2.45, 2.75) is 36.7 Å². The van der Waals surface area contributed by atoms with Crippen LogP contribution in [0.4, 0.5) is 0 Å². The van der Waals surface area contributed by atoms with Crippen molar-refractivity contribution in [3.63, 3.8) is 0 Å². The molecule has 1 aromatic rings. The molecule has 3 atom stereocenters. The molecule has 1 N–H and O–H groups in total. The van der Waals surface area contributed by atoms with E-state index in [1.807, 2.05) is 25.1 Å². The second-order valence-corrected chi connectivity index (χ2v) is 7.51. The van der Waals surface area contributed by atoms with Crippen LogP contribution in [0.1, 0.15) is 31.2 Å². The second kappa shape index (κ2) is 7.95. The average Bonchev–Trinajstić information content (AvgIpc) is 2.95. The van der Waals surface area contributed by atoms with Crippen LogP contribution in [-0.4, -0.2) is 56.6 Å². The standard InChI is InChI=1S/C16H24N2O2Se/c1-4-18(5-2)16-17-13(15(19)20-6-3)14(21-16)12-10-8-7-9-11-12/h7-11,13-14,16-17H,4-6H2,1-3H3. The number of hydrogen-bond donors (Lipinski definition) is 1. The minimum atomic E-state index is -0.224. The molecule has 1 aromatic carbocycles. The molecular weight excluding hydrogens is 331 g/mol. The van der Waals surface area contributed by atoms with Crippen molar-refractivity contribution in [3.05, 3.63) is 35.9 Å². The quantitative estimate of drug-likeness (QED) is 0.622. The fourth-order valence-electron chi connectivity index (χ4n) is 2.58. The molecule has 0 radical (unpaired) electrons. The van der Waals surface area contributed by atoms with Crippen LogP contribution in [0.2, 0.25) is 0 Å². The van der Waals surface area contributed by atoms with E-state index in [4.69, 9.17) is 4.74 Å². The Labute approximate surface area is 133 Å². The third kappa shape index (κ3) is 3.86. The summed E-state index contributed by atoms with van der Waals surface area (Å²) in [6.45, 7) is 8.60. The maximum atomic E-state index is 12.3. The minimum absolute atomic E-state index is 0.122. The number of esters is 1. The maximum absolute atomic E-state index is 12.3. The van der Waals surface area contributed by atoms with E-state index in [1.54, 1.807) is 0 Å². The Balaban J connectivity index is 2.20. The monoisotopic (exact) mass is 356 g/mol. The number of nitrogens with one attached hydrogen (secondary N) is 1. The van der Waals surface area contributed by atoms with Gasteiger partial charge in [0.15, 0.2) is 0 Å². The van der Waals surface area contributed by atoms with Crippen molar-refractivity contribution in [1.29, 1.82) is 0 Å². The van der Waals surface area contributed by atoms with Crippen LogP contribution in [0.5, 0.6) is 0 Å². The summed E-state index contributed by atoms with van der Waals surface area (Å²) in [5.74, 6) is -0.122. The molecule has 21 heavy (non-hydrogen) atoms. The van der Waals surface area contributed by atoms with Crippen LogP contribution < -0.4 is 5.32 Å². The van der Waals surface area contributed by atoms with Gasteiger partial charge in [-0.25, -0.2) is 0 Å². The van der Waals surface area contributed by atoms with E-state index >= 15 is 0 Å². The summed E-state index contributed by atoms with van der Waals surface area (Å²) in [5, 5.41) is 3.80. The van der Waals surface area contributed by atoms with Crippen molar-refractivity contribution in [2.24, 2.45) is 0 Å². The average molecular weight is 355 g/mol. The zero-order chi connectivity index (χ0) is 15.2. The first-order chi connectivity index (χ1) is 10.2. The molecule has 1 aliphatic rings. The molecule has 0 bridgehead atoms. The van der Waals surface area contributed by atoms with Gasteiger partial charge in [-0.2, -0.15) is 0 Å². The molecule has 0 aliphatic carbocycles. The molecule has 0 aromatic heterocycles. The van der Waals surface area contributed by atoms with E-state index in [2.05, 4.69) is 36.2 Å². The van der Waals surface area contributed by atoms with Gasteiger partial charge in [-0.05, 0) is 0 Å². The molecule has 116 valence electrons. The van der Waals surface area contributed by atoms with Crippen molar-refractivity contribution in [3.8, 4) is 0 Å². The Hall–Kier alpha value is -0.871. The van der Waals surface area contributed by atoms with Gasteiger partial charge < -0.3 is 0 Å². The Morgan fingerprint density at radius 1 is 1.24 bits per heavy atom. The van der Waals surface area contributed by atoms with Crippen LogP contribution in [0.15, 0.2) is 30.3 Å². The molecule has 3 unspecified atom stereocenters. The summed E-state index contributed by atoms with van der Waals surface area (Å²) in [7, 11) is 0. The van der Waals surface area contributed by atoms with Crippen LogP contribution in [0.3, 0.4) is 0 Å². The zero-order valence-corrected chi connectivity index (χ0v) is 14.6. The van der Waals surface area contributed by atoms with E-state index < -0.39 is 0 Å². The molecule has 0 saturated carbocycles. The SMILES string of the molecule is CCOC(=O)C1NC(N(CC)CC)[Se]C1c1ccccc1. The first-order valence-corrected chi connectivity index (χ1v) is 9.56. The molecule has 1 aliphatic heterocycles. The summed E-state index contributed by atoms with van der Waals surface area (Å²) in [6.07, 6.45) is 0. The Kier molecular flexibility index (Phi) is 6.24. The molecule has 1 fully saturated rings. The molecule has 1 heterocycles. The summed E-state index contributed by atoms with van der Waals surface area (Å²) in [4.78, 5) is 14.9. The van der Waals surface area contributed by atoms with Gasteiger partial charge in [-0.15, -0.1) is 0 Å². The Bertz CT molecular complexity index is 451. The van der Waals surface area contributed by atoms with E-state index in [9.17, 15) is 4.79 Å². The van der Waals surface area contributed by atoms with Gasteiger partial charge in [0.1, 0.15) is 0 Å². The van der Waals surface area contributed by atoms with E-state index in [-0.39, 0.29) is 16.8 Å².